The first-order valence-corrected chi connectivity index (χ1v) is 9.67. The van der Waals surface area contributed by atoms with Gasteiger partial charge >= 0.3 is 0 Å². The maximum absolute atomic E-state index is 13.3. The van der Waals surface area contributed by atoms with Crippen LogP contribution in [-0.4, -0.2) is 49.0 Å². The summed E-state index contributed by atoms with van der Waals surface area (Å²) in [5, 5.41) is 0. The SMILES string of the molecule is COc1cccc(CN2CCCC3(CCN(CCC(C)C)C3)C2=O)c1. The predicted molar refractivity (Wildman–Crippen MR) is 101 cm³/mol. The summed E-state index contributed by atoms with van der Waals surface area (Å²) in [5.74, 6) is 1.95. The molecule has 25 heavy (non-hydrogen) atoms. The molecule has 4 nitrogen and oxygen atoms in total. The predicted octanol–water partition coefficient (Wildman–Crippen LogP) is 3.56. The van der Waals surface area contributed by atoms with Crippen LogP contribution in [-0.2, 0) is 11.3 Å². The number of piperidine rings is 1. The number of benzene rings is 1. The normalized spacial score (nSPS) is 24.5. The molecule has 2 aliphatic rings. The highest BCUT2D eigenvalue weighted by Crippen LogP contribution is 2.40. The van der Waals surface area contributed by atoms with Gasteiger partial charge in [0.2, 0.25) is 5.91 Å². The third-order valence-electron chi connectivity index (χ3n) is 5.79. The molecule has 1 amide bonds. The molecular formula is C21H32N2O2. The summed E-state index contributed by atoms with van der Waals surface area (Å²) >= 11 is 0. The maximum Gasteiger partial charge on any atom is 0.230 e. The quantitative estimate of drug-likeness (QED) is 0.791. The lowest BCUT2D eigenvalue weighted by Crippen LogP contribution is -2.49. The fourth-order valence-corrected chi connectivity index (χ4v) is 4.26. The maximum atomic E-state index is 13.3. The number of methoxy groups -OCH3 is 1. The lowest BCUT2D eigenvalue weighted by molar-refractivity contribution is -0.146. The number of amides is 1. The van der Waals surface area contributed by atoms with Gasteiger partial charge in [0.1, 0.15) is 5.75 Å². The molecule has 1 aromatic carbocycles. The van der Waals surface area contributed by atoms with Crippen LogP contribution in [0.4, 0.5) is 0 Å². The fourth-order valence-electron chi connectivity index (χ4n) is 4.26. The molecule has 2 heterocycles. The van der Waals surface area contributed by atoms with Crippen molar-refractivity contribution in [2.45, 2.75) is 46.1 Å². The second kappa shape index (κ2) is 7.77. The zero-order chi connectivity index (χ0) is 17.9. The van der Waals surface area contributed by atoms with Gasteiger partial charge in [-0.15, -0.1) is 0 Å². The number of carbonyl (C=O) groups is 1. The van der Waals surface area contributed by atoms with E-state index in [1.807, 2.05) is 18.2 Å². The van der Waals surface area contributed by atoms with Crippen molar-refractivity contribution in [3.05, 3.63) is 29.8 Å². The lowest BCUT2D eigenvalue weighted by Gasteiger charge is -2.39. The van der Waals surface area contributed by atoms with Crippen molar-refractivity contribution in [2.75, 3.05) is 33.3 Å². The van der Waals surface area contributed by atoms with Crippen LogP contribution < -0.4 is 4.74 Å². The molecule has 4 heteroatoms. The van der Waals surface area contributed by atoms with Crippen LogP contribution in [0.2, 0.25) is 0 Å². The van der Waals surface area contributed by atoms with Crippen LogP contribution >= 0.6 is 0 Å². The minimum Gasteiger partial charge on any atom is -0.497 e. The second-order valence-electron chi connectivity index (χ2n) is 8.17. The Labute approximate surface area is 152 Å². The van der Waals surface area contributed by atoms with E-state index in [0.717, 1.165) is 62.7 Å². The van der Waals surface area contributed by atoms with Gasteiger partial charge in [-0.2, -0.15) is 0 Å². The van der Waals surface area contributed by atoms with Gasteiger partial charge in [0, 0.05) is 19.6 Å². The second-order valence-corrected chi connectivity index (χ2v) is 8.17. The summed E-state index contributed by atoms with van der Waals surface area (Å²) in [6.45, 7) is 9.27. The van der Waals surface area contributed by atoms with Crippen LogP contribution in [0.1, 0.15) is 45.1 Å². The highest BCUT2D eigenvalue weighted by atomic mass is 16.5. The van der Waals surface area contributed by atoms with E-state index in [-0.39, 0.29) is 5.41 Å². The minimum atomic E-state index is -0.131. The van der Waals surface area contributed by atoms with Gasteiger partial charge < -0.3 is 14.5 Å². The number of nitrogens with zero attached hydrogens (tertiary/aromatic N) is 2. The summed E-state index contributed by atoms with van der Waals surface area (Å²) in [6, 6.07) is 8.08. The smallest absolute Gasteiger partial charge is 0.230 e. The van der Waals surface area contributed by atoms with Crippen molar-refractivity contribution >= 4 is 5.91 Å². The van der Waals surface area contributed by atoms with Gasteiger partial charge in [-0.25, -0.2) is 0 Å². The molecule has 3 rings (SSSR count). The average molecular weight is 344 g/mol. The highest BCUT2D eigenvalue weighted by molar-refractivity contribution is 5.84. The van der Waals surface area contributed by atoms with E-state index in [0.29, 0.717) is 12.5 Å². The van der Waals surface area contributed by atoms with Crippen LogP contribution in [0.25, 0.3) is 0 Å². The van der Waals surface area contributed by atoms with E-state index >= 15 is 0 Å². The molecule has 0 aromatic heterocycles. The van der Waals surface area contributed by atoms with Gasteiger partial charge in [-0.05, 0) is 62.4 Å². The molecule has 2 saturated heterocycles. The number of rotatable bonds is 6. The van der Waals surface area contributed by atoms with E-state index in [9.17, 15) is 4.79 Å². The third-order valence-corrected chi connectivity index (χ3v) is 5.79. The highest BCUT2D eigenvalue weighted by Gasteiger charge is 2.47. The number of carbonyl (C=O) groups excluding carboxylic acids is 1. The first kappa shape index (κ1) is 18.2. The number of hydrogen-bond acceptors (Lipinski definition) is 3. The Morgan fingerprint density at radius 3 is 2.84 bits per heavy atom. The molecule has 2 fully saturated rings. The standard InChI is InChI=1S/C21H32N2O2/c1-17(2)8-12-22-13-10-21(16-22)9-5-11-23(20(21)24)15-18-6-4-7-19(14-18)25-3/h4,6-7,14,17H,5,8-13,15-16H2,1-3H3. The zero-order valence-electron chi connectivity index (χ0n) is 16.0. The summed E-state index contributed by atoms with van der Waals surface area (Å²) in [5.41, 5.74) is 1.02. The average Bonchev–Trinajstić information content (AvgIpc) is 3.02. The van der Waals surface area contributed by atoms with E-state index in [4.69, 9.17) is 4.74 Å². The Balaban J connectivity index is 1.65. The molecule has 138 valence electrons. The fraction of sp³-hybridized carbons (Fsp3) is 0.667. The third kappa shape index (κ3) is 4.17. The topological polar surface area (TPSA) is 32.8 Å². The summed E-state index contributed by atoms with van der Waals surface area (Å²) < 4.78 is 5.31. The van der Waals surface area contributed by atoms with Crippen LogP contribution in [0, 0.1) is 11.3 Å². The first-order chi connectivity index (χ1) is 12.0. The molecule has 0 bridgehead atoms. The van der Waals surface area contributed by atoms with Crippen LogP contribution in [0.15, 0.2) is 24.3 Å². The summed E-state index contributed by atoms with van der Waals surface area (Å²) in [6.07, 6.45) is 4.42. The Hall–Kier alpha value is -1.55. The molecular weight excluding hydrogens is 312 g/mol. The van der Waals surface area contributed by atoms with Crippen molar-refractivity contribution in [1.82, 2.24) is 9.80 Å². The van der Waals surface area contributed by atoms with E-state index in [1.165, 1.54) is 6.42 Å². The van der Waals surface area contributed by atoms with Gasteiger partial charge in [0.05, 0.1) is 12.5 Å². The van der Waals surface area contributed by atoms with E-state index < -0.39 is 0 Å². The lowest BCUT2D eigenvalue weighted by atomic mass is 9.78. The zero-order valence-corrected chi connectivity index (χ0v) is 16.0. The van der Waals surface area contributed by atoms with Gasteiger partial charge in [0.15, 0.2) is 0 Å². The van der Waals surface area contributed by atoms with Gasteiger partial charge in [-0.1, -0.05) is 26.0 Å². The van der Waals surface area contributed by atoms with E-state index in [2.05, 4.69) is 29.7 Å². The van der Waals surface area contributed by atoms with Crippen molar-refractivity contribution in [3.63, 3.8) is 0 Å². The van der Waals surface area contributed by atoms with E-state index in [1.54, 1.807) is 7.11 Å². The van der Waals surface area contributed by atoms with Crippen LogP contribution in [0.3, 0.4) is 0 Å². The number of ether oxygens (including phenoxy) is 1. The molecule has 0 saturated carbocycles. The number of likely N-dealkylation sites (tertiary alicyclic amines) is 2. The van der Waals surface area contributed by atoms with Crippen molar-refractivity contribution in [2.24, 2.45) is 11.3 Å². The first-order valence-electron chi connectivity index (χ1n) is 9.67. The Kier molecular flexibility index (Phi) is 5.67. The van der Waals surface area contributed by atoms with Gasteiger partial charge in [-0.3, -0.25) is 4.79 Å². The Morgan fingerprint density at radius 2 is 2.08 bits per heavy atom. The monoisotopic (exact) mass is 344 g/mol. The molecule has 1 aromatic rings. The summed E-state index contributed by atoms with van der Waals surface area (Å²) in [7, 11) is 1.68. The summed E-state index contributed by atoms with van der Waals surface area (Å²) in [4.78, 5) is 17.8. The molecule has 0 aliphatic carbocycles. The number of hydrogen-bond donors (Lipinski definition) is 0. The molecule has 2 aliphatic heterocycles. The van der Waals surface area contributed by atoms with Crippen molar-refractivity contribution < 1.29 is 9.53 Å². The molecule has 1 atom stereocenters. The minimum absolute atomic E-state index is 0.131. The Bertz CT molecular complexity index is 601. The van der Waals surface area contributed by atoms with Gasteiger partial charge in [0.25, 0.3) is 0 Å². The molecule has 1 unspecified atom stereocenters. The molecule has 0 radical (unpaired) electrons. The van der Waals surface area contributed by atoms with Crippen LogP contribution in [0.5, 0.6) is 5.75 Å². The largest absolute Gasteiger partial charge is 0.497 e. The molecule has 1 spiro atoms. The van der Waals surface area contributed by atoms with Crippen molar-refractivity contribution in [3.8, 4) is 5.75 Å². The Morgan fingerprint density at radius 1 is 1.24 bits per heavy atom. The molecule has 0 N–H and O–H groups in total. The van der Waals surface area contributed by atoms with Crippen molar-refractivity contribution in [1.29, 1.82) is 0 Å².